The average Bonchev–Trinajstić information content (AvgIpc) is 2.76. The number of benzene rings is 2. The lowest BCUT2D eigenvalue weighted by Crippen LogP contribution is -2.36. The first-order valence-corrected chi connectivity index (χ1v) is 10.2. The van der Waals surface area contributed by atoms with Gasteiger partial charge in [-0.3, -0.25) is 14.4 Å². The minimum atomic E-state index is -0.926. The van der Waals surface area contributed by atoms with Gasteiger partial charge in [-0.25, -0.2) is 0 Å². The molecule has 0 aliphatic carbocycles. The summed E-state index contributed by atoms with van der Waals surface area (Å²) in [4.78, 5) is 37.8. The lowest BCUT2D eigenvalue weighted by molar-refractivity contribution is -0.152. The molecule has 0 saturated carbocycles. The zero-order valence-corrected chi connectivity index (χ0v) is 17.7. The number of carbonyl (C=O) groups excluding carboxylic acids is 3. The van der Waals surface area contributed by atoms with Gasteiger partial charge in [-0.2, -0.15) is 0 Å². The molecule has 0 bridgehead atoms. The van der Waals surface area contributed by atoms with Crippen LogP contribution >= 0.6 is 0 Å². The fourth-order valence-electron chi connectivity index (χ4n) is 3.19. The van der Waals surface area contributed by atoms with Crippen LogP contribution in [0.5, 0.6) is 0 Å². The first kappa shape index (κ1) is 22.3. The molecule has 8 heteroatoms. The third kappa shape index (κ3) is 6.82. The highest BCUT2D eigenvalue weighted by Gasteiger charge is 2.18. The first-order chi connectivity index (χ1) is 14.9. The highest BCUT2D eigenvalue weighted by atomic mass is 16.5. The van der Waals surface area contributed by atoms with Crippen LogP contribution in [0.1, 0.15) is 19.4 Å². The lowest BCUT2D eigenvalue weighted by Gasteiger charge is -2.28. The highest BCUT2D eigenvalue weighted by Crippen LogP contribution is 2.19. The Morgan fingerprint density at radius 2 is 1.55 bits per heavy atom. The molecule has 1 aliphatic heterocycles. The molecule has 1 fully saturated rings. The van der Waals surface area contributed by atoms with Crippen molar-refractivity contribution in [2.75, 3.05) is 41.8 Å². The van der Waals surface area contributed by atoms with Gasteiger partial charge in [0.05, 0.1) is 19.6 Å². The summed E-state index contributed by atoms with van der Waals surface area (Å²) in [6.07, 6.45) is -0.892. The summed E-state index contributed by atoms with van der Waals surface area (Å²) in [5.41, 5.74) is 3.09. The number of hydrogen-bond donors (Lipinski definition) is 2. The van der Waals surface area contributed by atoms with Crippen LogP contribution in [0.3, 0.4) is 0 Å². The van der Waals surface area contributed by atoms with Crippen molar-refractivity contribution in [3.8, 4) is 0 Å². The van der Waals surface area contributed by atoms with Crippen molar-refractivity contribution in [1.29, 1.82) is 0 Å². The van der Waals surface area contributed by atoms with E-state index in [1.54, 1.807) is 24.3 Å². The number of amides is 2. The van der Waals surface area contributed by atoms with Gasteiger partial charge in [0.25, 0.3) is 5.91 Å². The zero-order valence-electron chi connectivity index (χ0n) is 17.7. The maximum Gasteiger partial charge on any atom is 0.311 e. The summed E-state index contributed by atoms with van der Waals surface area (Å²) in [6, 6.07) is 14.4. The molecule has 2 aromatic rings. The molecule has 0 aromatic heterocycles. The van der Waals surface area contributed by atoms with Crippen LogP contribution in [0, 0.1) is 0 Å². The number of morpholine rings is 1. The van der Waals surface area contributed by atoms with Crippen molar-refractivity contribution in [2.24, 2.45) is 0 Å². The predicted octanol–water partition coefficient (Wildman–Crippen LogP) is 2.59. The fraction of sp³-hybridized carbons (Fsp3) is 0.348. The van der Waals surface area contributed by atoms with E-state index in [4.69, 9.17) is 9.47 Å². The van der Waals surface area contributed by atoms with Crippen LogP contribution in [-0.2, 0) is 30.3 Å². The van der Waals surface area contributed by atoms with Gasteiger partial charge in [0.1, 0.15) is 0 Å². The first-order valence-electron chi connectivity index (χ1n) is 10.2. The van der Waals surface area contributed by atoms with Crippen molar-refractivity contribution in [3.63, 3.8) is 0 Å². The molecule has 0 spiro atoms. The van der Waals surface area contributed by atoms with Crippen molar-refractivity contribution in [2.45, 2.75) is 26.4 Å². The standard InChI is InChI=1S/C23H27N3O5/c1-16(31-22(28)15-18-3-5-19(6-4-18)24-17(2)27)23(29)25-20-7-9-21(10-8-20)26-11-13-30-14-12-26/h3-10,16H,11-15H2,1-2H3,(H,24,27)(H,25,29)/t16-/m1/s1. The molecule has 3 rings (SSSR count). The van der Waals surface area contributed by atoms with Gasteiger partial charge in [0.2, 0.25) is 5.91 Å². The third-order valence-corrected chi connectivity index (χ3v) is 4.81. The Morgan fingerprint density at radius 1 is 0.968 bits per heavy atom. The largest absolute Gasteiger partial charge is 0.452 e. The van der Waals surface area contributed by atoms with Crippen molar-refractivity contribution in [1.82, 2.24) is 0 Å². The molecule has 1 saturated heterocycles. The molecule has 8 nitrogen and oxygen atoms in total. The van der Waals surface area contributed by atoms with Gasteiger partial charge < -0.3 is 25.0 Å². The van der Waals surface area contributed by atoms with Crippen molar-refractivity contribution < 1.29 is 23.9 Å². The maximum atomic E-state index is 12.4. The van der Waals surface area contributed by atoms with E-state index in [0.29, 0.717) is 24.6 Å². The monoisotopic (exact) mass is 425 g/mol. The number of carbonyl (C=O) groups is 3. The number of ether oxygens (including phenoxy) is 2. The van der Waals surface area contributed by atoms with E-state index in [-0.39, 0.29) is 12.3 Å². The van der Waals surface area contributed by atoms with Crippen molar-refractivity contribution >= 4 is 34.8 Å². The Bertz CT molecular complexity index is 906. The van der Waals surface area contributed by atoms with Crippen LogP contribution < -0.4 is 15.5 Å². The Morgan fingerprint density at radius 3 is 2.16 bits per heavy atom. The Balaban J connectivity index is 1.47. The van der Waals surface area contributed by atoms with Gasteiger partial charge in [0.15, 0.2) is 6.10 Å². The molecule has 2 aromatic carbocycles. The van der Waals surface area contributed by atoms with E-state index in [9.17, 15) is 14.4 Å². The fourth-order valence-corrected chi connectivity index (χ4v) is 3.19. The molecule has 0 radical (unpaired) electrons. The Labute approximate surface area is 181 Å². The Kier molecular flexibility index (Phi) is 7.61. The quantitative estimate of drug-likeness (QED) is 0.662. The average molecular weight is 425 g/mol. The molecule has 2 N–H and O–H groups in total. The number of hydrogen-bond acceptors (Lipinski definition) is 6. The Hall–Kier alpha value is -3.39. The van der Waals surface area contributed by atoms with E-state index >= 15 is 0 Å². The molecule has 0 unspecified atom stereocenters. The smallest absolute Gasteiger partial charge is 0.311 e. The van der Waals surface area contributed by atoms with E-state index in [0.717, 1.165) is 24.3 Å². The van der Waals surface area contributed by atoms with E-state index in [1.165, 1.54) is 13.8 Å². The summed E-state index contributed by atoms with van der Waals surface area (Å²) < 4.78 is 10.6. The minimum absolute atomic E-state index is 0.0339. The molecule has 31 heavy (non-hydrogen) atoms. The summed E-state index contributed by atoms with van der Waals surface area (Å²) in [6.45, 7) is 6.07. The zero-order chi connectivity index (χ0) is 22.2. The van der Waals surface area contributed by atoms with Crippen molar-refractivity contribution in [3.05, 3.63) is 54.1 Å². The number of nitrogens with one attached hydrogen (secondary N) is 2. The SMILES string of the molecule is CC(=O)Nc1ccc(CC(=O)O[C@H](C)C(=O)Nc2ccc(N3CCOCC3)cc2)cc1. The van der Waals surface area contributed by atoms with Crippen LogP contribution in [0.4, 0.5) is 17.1 Å². The van der Waals surface area contributed by atoms with E-state index in [2.05, 4.69) is 15.5 Å². The summed E-state index contributed by atoms with van der Waals surface area (Å²) in [5, 5.41) is 5.43. The lowest BCUT2D eigenvalue weighted by atomic mass is 10.1. The summed E-state index contributed by atoms with van der Waals surface area (Å²) in [5.74, 6) is -1.06. The van der Waals surface area contributed by atoms with E-state index in [1.807, 2.05) is 24.3 Å². The maximum absolute atomic E-state index is 12.4. The van der Waals surface area contributed by atoms with Crippen LogP contribution in [0.15, 0.2) is 48.5 Å². The molecule has 2 amide bonds. The summed E-state index contributed by atoms with van der Waals surface area (Å²) >= 11 is 0. The van der Waals surface area contributed by atoms with Crippen LogP contribution in [0.25, 0.3) is 0 Å². The summed E-state index contributed by atoms with van der Waals surface area (Å²) in [7, 11) is 0. The molecule has 164 valence electrons. The predicted molar refractivity (Wildman–Crippen MR) is 118 cm³/mol. The van der Waals surface area contributed by atoms with Gasteiger partial charge in [-0.1, -0.05) is 12.1 Å². The topological polar surface area (TPSA) is 97.0 Å². The normalized spacial score (nSPS) is 14.5. The molecule has 1 heterocycles. The molecule has 1 atom stereocenters. The second-order valence-electron chi connectivity index (χ2n) is 7.32. The third-order valence-electron chi connectivity index (χ3n) is 4.81. The van der Waals surface area contributed by atoms with Gasteiger partial charge in [-0.15, -0.1) is 0 Å². The van der Waals surface area contributed by atoms with Crippen LogP contribution in [0.2, 0.25) is 0 Å². The highest BCUT2D eigenvalue weighted by molar-refractivity contribution is 5.95. The number of rotatable bonds is 7. The second kappa shape index (κ2) is 10.6. The van der Waals surface area contributed by atoms with E-state index < -0.39 is 18.0 Å². The van der Waals surface area contributed by atoms with Gasteiger partial charge >= 0.3 is 5.97 Å². The van der Waals surface area contributed by atoms with Crippen LogP contribution in [-0.4, -0.2) is 50.2 Å². The molecular weight excluding hydrogens is 398 g/mol. The number of nitrogens with zero attached hydrogens (tertiary/aromatic N) is 1. The number of anilines is 3. The second-order valence-corrected chi connectivity index (χ2v) is 7.32. The minimum Gasteiger partial charge on any atom is -0.452 e. The van der Waals surface area contributed by atoms with Gasteiger partial charge in [0, 0.05) is 37.1 Å². The molecule has 1 aliphatic rings. The molecular formula is C23H27N3O5. The van der Waals surface area contributed by atoms with Gasteiger partial charge in [-0.05, 0) is 48.9 Å². The number of esters is 1.